The van der Waals surface area contributed by atoms with E-state index < -0.39 is 35.4 Å². The van der Waals surface area contributed by atoms with E-state index in [2.05, 4.69) is 15.6 Å². The highest BCUT2D eigenvalue weighted by molar-refractivity contribution is 7.13. The summed E-state index contributed by atoms with van der Waals surface area (Å²) < 4.78 is 0. The van der Waals surface area contributed by atoms with Crippen molar-refractivity contribution in [2.45, 2.75) is 65.3 Å². The molecule has 190 valence electrons. The van der Waals surface area contributed by atoms with Crippen molar-refractivity contribution in [1.29, 1.82) is 0 Å². The van der Waals surface area contributed by atoms with Crippen LogP contribution in [0.1, 0.15) is 51.4 Å². The van der Waals surface area contributed by atoms with Gasteiger partial charge in [0.25, 0.3) is 0 Å². The molecule has 1 aliphatic rings. The average molecular weight is 521 g/mol. The van der Waals surface area contributed by atoms with Gasteiger partial charge in [-0.3, -0.25) is 14.4 Å². The molecule has 1 saturated heterocycles. The van der Waals surface area contributed by atoms with Crippen LogP contribution in [0.2, 0.25) is 0 Å². The van der Waals surface area contributed by atoms with Crippen LogP contribution >= 0.6 is 22.9 Å². The number of hydrogen-bond donors (Lipinski definition) is 3. The molecule has 0 saturated carbocycles. The number of benzene rings is 1. The van der Waals surface area contributed by atoms with Crippen LogP contribution in [0.15, 0.2) is 29.8 Å². The normalized spacial score (nSPS) is 19.8. The number of rotatable bonds is 7. The first-order valence-corrected chi connectivity index (χ1v) is 13.0. The zero-order valence-electron chi connectivity index (χ0n) is 20.7. The molecule has 2 heterocycles. The minimum Gasteiger partial charge on any atom is -0.391 e. The van der Waals surface area contributed by atoms with Crippen molar-refractivity contribution >= 4 is 40.7 Å². The number of hydrogen-bond acceptors (Lipinski definition) is 6. The number of nitrogens with zero attached hydrogens (tertiary/aromatic N) is 2. The van der Waals surface area contributed by atoms with Crippen LogP contribution in [0.25, 0.3) is 10.4 Å². The second-order valence-electron chi connectivity index (χ2n) is 10.0. The van der Waals surface area contributed by atoms with Gasteiger partial charge in [-0.1, -0.05) is 45.0 Å². The molecule has 3 rings (SSSR count). The van der Waals surface area contributed by atoms with Gasteiger partial charge in [-0.05, 0) is 30.4 Å². The molecule has 3 amide bonds. The first kappa shape index (κ1) is 27.1. The van der Waals surface area contributed by atoms with Crippen LogP contribution in [-0.2, 0) is 14.4 Å². The lowest BCUT2D eigenvalue weighted by atomic mass is 9.85. The second kappa shape index (κ2) is 11.1. The molecule has 1 fully saturated rings. The lowest BCUT2D eigenvalue weighted by Gasteiger charge is -2.35. The predicted octanol–water partition coefficient (Wildman–Crippen LogP) is 3.03. The third kappa shape index (κ3) is 6.39. The largest absolute Gasteiger partial charge is 0.391 e. The molecule has 0 bridgehead atoms. The fraction of sp³-hybridized carbons (Fsp3) is 0.520. The highest BCUT2D eigenvalue weighted by atomic mass is 35.5. The van der Waals surface area contributed by atoms with Gasteiger partial charge in [0.05, 0.1) is 28.2 Å². The number of aromatic nitrogens is 1. The van der Waals surface area contributed by atoms with Crippen LogP contribution in [-0.4, -0.2) is 63.3 Å². The molecule has 1 aromatic heterocycles. The van der Waals surface area contributed by atoms with Gasteiger partial charge >= 0.3 is 0 Å². The second-order valence-corrected chi connectivity index (χ2v) is 11.1. The molecule has 3 N–H and O–H groups in total. The Kier molecular flexibility index (Phi) is 8.56. The van der Waals surface area contributed by atoms with Crippen molar-refractivity contribution in [3.8, 4) is 10.4 Å². The third-order valence-electron chi connectivity index (χ3n) is 6.18. The molecule has 1 aromatic carbocycles. The molecule has 35 heavy (non-hydrogen) atoms. The Hall–Kier alpha value is -2.49. The van der Waals surface area contributed by atoms with Crippen molar-refractivity contribution in [3.63, 3.8) is 0 Å². The summed E-state index contributed by atoms with van der Waals surface area (Å²) in [6.07, 6.45) is -0.690. The van der Waals surface area contributed by atoms with E-state index in [0.717, 1.165) is 21.7 Å². The van der Waals surface area contributed by atoms with E-state index in [9.17, 15) is 19.5 Å². The smallest absolute Gasteiger partial charge is 0.246 e. The number of carbonyl (C=O) groups is 3. The Morgan fingerprint density at radius 1 is 1.23 bits per heavy atom. The van der Waals surface area contributed by atoms with E-state index >= 15 is 0 Å². The zero-order chi connectivity index (χ0) is 25.9. The van der Waals surface area contributed by atoms with E-state index in [1.165, 1.54) is 4.90 Å². The Labute approximate surface area is 215 Å². The third-order valence-corrected chi connectivity index (χ3v) is 7.40. The fourth-order valence-electron chi connectivity index (χ4n) is 4.22. The maximum atomic E-state index is 13.4. The van der Waals surface area contributed by atoms with Gasteiger partial charge in [-0.15, -0.1) is 22.9 Å². The van der Waals surface area contributed by atoms with E-state index in [4.69, 9.17) is 11.6 Å². The molecular weight excluding hydrogens is 488 g/mol. The van der Waals surface area contributed by atoms with Crippen molar-refractivity contribution < 1.29 is 19.5 Å². The van der Waals surface area contributed by atoms with Crippen molar-refractivity contribution in [3.05, 3.63) is 41.0 Å². The van der Waals surface area contributed by atoms with Gasteiger partial charge in [0, 0.05) is 13.0 Å². The Bertz CT molecular complexity index is 1070. The number of aryl methyl sites for hydroxylation is 1. The average Bonchev–Trinajstić information content (AvgIpc) is 3.41. The molecule has 4 atom stereocenters. The minimum absolute atomic E-state index is 0.0253. The number of halogens is 1. The Morgan fingerprint density at radius 2 is 1.89 bits per heavy atom. The predicted molar refractivity (Wildman–Crippen MR) is 137 cm³/mol. The molecule has 0 aliphatic carbocycles. The summed E-state index contributed by atoms with van der Waals surface area (Å²) in [6.45, 7) is 9.34. The van der Waals surface area contributed by atoms with E-state index in [-0.39, 0.29) is 30.8 Å². The molecular formula is C25H33ClN4O4S. The quantitative estimate of drug-likeness (QED) is 0.486. The van der Waals surface area contributed by atoms with E-state index in [1.54, 1.807) is 11.3 Å². The molecule has 10 heteroatoms. The number of β-amino-alcohol motifs (C(OH)–C–C–N with tert-alkyl or cyclic N) is 1. The summed E-state index contributed by atoms with van der Waals surface area (Å²) in [4.78, 5) is 45.3. The molecule has 1 aliphatic heterocycles. The minimum atomic E-state index is -0.880. The summed E-state index contributed by atoms with van der Waals surface area (Å²) in [7, 11) is 0. The summed E-state index contributed by atoms with van der Waals surface area (Å²) in [5, 5.41) is 15.9. The van der Waals surface area contributed by atoms with Gasteiger partial charge in [-0.2, -0.15) is 0 Å². The van der Waals surface area contributed by atoms with Crippen molar-refractivity contribution in [2.75, 3.05) is 12.4 Å². The summed E-state index contributed by atoms with van der Waals surface area (Å²) >= 11 is 7.21. The number of thiazole rings is 1. The number of aliphatic hydroxyl groups excluding tert-OH is 1. The molecule has 2 aromatic rings. The Balaban J connectivity index is 1.73. The maximum absolute atomic E-state index is 13.4. The van der Waals surface area contributed by atoms with Crippen LogP contribution in [0, 0.1) is 12.3 Å². The van der Waals surface area contributed by atoms with Crippen LogP contribution in [0.4, 0.5) is 0 Å². The highest BCUT2D eigenvalue weighted by Crippen LogP contribution is 2.29. The number of likely N-dealkylation sites (tertiary alicyclic amines) is 1. The first-order valence-electron chi connectivity index (χ1n) is 11.6. The molecule has 1 unspecified atom stereocenters. The Morgan fingerprint density at radius 3 is 2.43 bits per heavy atom. The maximum Gasteiger partial charge on any atom is 0.246 e. The summed E-state index contributed by atoms with van der Waals surface area (Å²) in [5.74, 6) is -1.50. The summed E-state index contributed by atoms with van der Waals surface area (Å²) in [6, 6.07) is 5.91. The van der Waals surface area contributed by atoms with Crippen LogP contribution in [0.5, 0.6) is 0 Å². The van der Waals surface area contributed by atoms with Crippen LogP contribution < -0.4 is 10.6 Å². The zero-order valence-corrected chi connectivity index (χ0v) is 22.2. The van der Waals surface area contributed by atoms with Gasteiger partial charge in [0.1, 0.15) is 18.0 Å². The molecule has 0 spiro atoms. The SMILES string of the molecule is Cc1ncsc1-c1ccc([C@H](C)NC(=O)[C@@H]2C[C@@H](O)CN2C(=O)C(NC(=O)CCl)C(C)(C)C)cc1. The number of nitrogens with one attached hydrogen (secondary N) is 2. The fourth-order valence-corrected chi connectivity index (χ4v) is 5.10. The van der Waals surface area contributed by atoms with Crippen molar-refractivity contribution in [2.24, 2.45) is 5.41 Å². The van der Waals surface area contributed by atoms with Gasteiger partial charge in [0.2, 0.25) is 17.7 Å². The lowest BCUT2D eigenvalue weighted by molar-refractivity contribution is -0.143. The number of aliphatic hydroxyl groups is 1. The molecule has 8 nitrogen and oxygen atoms in total. The highest BCUT2D eigenvalue weighted by Gasteiger charge is 2.44. The monoisotopic (exact) mass is 520 g/mol. The van der Waals surface area contributed by atoms with E-state index in [0.29, 0.717) is 0 Å². The van der Waals surface area contributed by atoms with Crippen molar-refractivity contribution in [1.82, 2.24) is 20.5 Å². The number of amides is 3. The van der Waals surface area contributed by atoms with Gasteiger partial charge in [0.15, 0.2) is 0 Å². The number of carbonyl (C=O) groups excluding carboxylic acids is 3. The summed E-state index contributed by atoms with van der Waals surface area (Å²) in [5.41, 5.74) is 4.16. The first-order chi connectivity index (χ1) is 16.4. The number of alkyl halides is 1. The lowest BCUT2D eigenvalue weighted by Crippen LogP contribution is -2.58. The van der Waals surface area contributed by atoms with Crippen LogP contribution in [0.3, 0.4) is 0 Å². The van der Waals surface area contributed by atoms with E-state index in [1.807, 2.05) is 64.4 Å². The van der Waals surface area contributed by atoms with Gasteiger partial charge in [-0.25, -0.2) is 4.98 Å². The topological polar surface area (TPSA) is 112 Å². The van der Waals surface area contributed by atoms with Gasteiger partial charge < -0.3 is 20.6 Å². The standard InChI is InChI=1S/C25H33ClN4O4S/c1-14(16-6-8-17(9-7-16)21-15(2)27-13-35-21)28-23(33)19-10-18(31)12-30(19)24(34)22(25(3,4)5)29-20(32)11-26/h6-9,13-14,18-19,22,31H,10-12H2,1-5H3,(H,28,33)(H,29,32)/t14-,18+,19-,22?/m0/s1. The molecule has 0 radical (unpaired) electrons.